The lowest BCUT2D eigenvalue weighted by Crippen LogP contribution is -2.45. The van der Waals surface area contributed by atoms with E-state index in [9.17, 15) is 8.42 Å². The molecule has 0 aromatic carbocycles. The first-order chi connectivity index (χ1) is 8.95. The van der Waals surface area contributed by atoms with Crippen LogP contribution in [0.5, 0.6) is 0 Å². The minimum absolute atomic E-state index is 0.334. The van der Waals surface area contributed by atoms with Gasteiger partial charge in [0, 0.05) is 19.1 Å². The van der Waals surface area contributed by atoms with E-state index in [1.54, 1.807) is 4.31 Å². The summed E-state index contributed by atoms with van der Waals surface area (Å²) in [5.74, 6) is 0.377. The lowest BCUT2D eigenvalue weighted by Gasteiger charge is -2.34. The second-order valence-electron chi connectivity index (χ2n) is 5.04. The Morgan fingerprint density at radius 2 is 2.32 bits per heavy atom. The Hall–Kier alpha value is -0.500. The molecule has 19 heavy (non-hydrogen) atoms. The first-order valence-electron chi connectivity index (χ1n) is 6.55. The molecule has 7 heteroatoms. The van der Waals surface area contributed by atoms with E-state index in [0.29, 0.717) is 29.3 Å². The molecule has 2 unspecified atom stereocenters. The fourth-order valence-electron chi connectivity index (χ4n) is 2.42. The van der Waals surface area contributed by atoms with E-state index >= 15 is 0 Å². The average Bonchev–Trinajstić information content (AvgIpc) is 2.85. The summed E-state index contributed by atoms with van der Waals surface area (Å²) >= 11 is 1.25. The first kappa shape index (κ1) is 14.9. The lowest BCUT2D eigenvalue weighted by atomic mass is 9.93. The van der Waals surface area contributed by atoms with Crippen LogP contribution in [0, 0.1) is 12.8 Å². The highest BCUT2D eigenvalue weighted by atomic mass is 32.2. The summed E-state index contributed by atoms with van der Waals surface area (Å²) in [6.07, 6.45) is 3.48. The fraction of sp³-hybridized carbons (Fsp3) is 0.750. The van der Waals surface area contributed by atoms with Crippen LogP contribution in [0.2, 0.25) is 0 Å². The third-order valence-corrected chi connectivity index (χ3v) is 6.99. The molecule has 2 heterocycles. The van der Waals surface area contributed by atoms with Gasteiger partial charge in [-0.2, -0.15) is 4.31 Å². The highest BCUT2D eigenvalue weighted by Crippen LogP contribution is 2.28. The predicted molar refractivity (Wildman–Crippen MR) is 76.9 cm³/mol. The number of aromatic nitrogens is 1. The van der Waals surface area contributed by atoms with Crippen LogP contribution in [0.3, 0.4) is 0 Å². The molecule has 1 aliphatic heterocycles. The maximum atomic E-state index is 12.5. The second-order valence-corrected chi connectivity index (χ2v) is 8.44. The fourth-order valence-corrected chi connectivity index (χ4v) is 5.22. The Balaban J connectivity index is 2.17. The van der Waals surface area contributed by atoms with Crippen LogP contribution in [0.25, 0.3) is 0 Å². The van der Waals surface area contributed by atoms with Gasteiger partial charge in [-0.25, -0.2) is 13.4 Å². The van der Waals surface area contributed by atoms with Crippen molar-refractivity contribution in [1.82, 2.24) is 14.6 Å². The SMILES string of the molecule is CNC(C)C1CCCN(S(=O)(=O)c2cnc(C)s2)C1. The van der Waals surface area contributed by atoms with Crippen LogP contribution in [-0.4, -0.2) is 43.9 Å². The third-order valence-electron chi connectivity index (χ3n) is 3.78. The van der Waals surface area contributed by atoms with E-state index in [4.69, 9.17) is 0 Å². The zero-order valence-corrected chi connectivity index (χ0v) is 13.2. The Morgan fingerprint density at radius 3 is 2.89 bits per heavy atom. The molecular formula is C12H21N3O2S2. The number of aryl methyl sites for hydroxylation is 1. The maximum absolute atomic E-state index is 12.5. The molecule has 1 saturated heterocycles. The minimum Gasteiger partial charge on any atom is -0.317 e. The van der Waals surface area contributed by atoms with Gasteiger partial charge in [0.2, 0.25) is 0 Å². The molecule has 108 valence electrons. The normalized spacial score (nSPS) is 23.4. The third kappa shape index (κ3) is 3.16. The molecule has 0 radical (unpaired) electrons. The molecule has 0 saturated carbocycles. The number of nitrogens with zero attached hydrogens (tertiary/aromatic N) is 2. The van der Waals surface area contributed by atoms with Gasteiger partial charge in [0.25, 0.3) is 10.0 Å². The topological polar surface area (TPSA) is 62.3 Å². The van der Waals surface area contributed by atoms with E-state index < -0.39 is 10.0 Å². The number of hydrogen-bond donors (Lipinski definition) is 1. The standard InChI is InChI=1S/C12H21N3O2S2/c1-9(13-3)11-5-4-6-15(8-11)19(16,17)12-7-14-10(2)18-12/h7,9,11,13H,4-6,8H2,1-3H3. The van der Waals surface area contributed by atoms with Crippen LogP contribution < -0.4 is 5.32 Å². The van der Waals surface area contributed by atoms with E-state index in [0.717, 1.165) is 17.8 Å². The van der Waals surface area contributed by atoms with E-state index in [1.165, 1.54) is 17.5 Å². The van der Waals surface area contributed by atoms with Gasteiger partial charge in [-0.15, -0.1) is 11.3 Å². The number of hydrogen-bond acceptors (Lipinski definition) is 5. The van der Waals surface area contributed by atoms with Gasteiger partial charge in [-0.05, 0) is 39.7 Å². The Morgan fingerprint density at radius 1 is 1.58 bits per heavy atom. The van der Waals surface area contributed by atoms with Crippen LogP contribution in [0.1, 0.15) is 24.8 Å². The smallest absolute Gasteiger partial charge is 0.254 e. The summed E-state index contributed by atoms with van der Waals surface area (Å²) in [5, 5.41) is 4.01. The van der Waals surface area contributed by atoms with E-state index in [2.05, 4.69) is 17.2 Å². The molecule has 1 fully saturated rings. The first-order valence-corrected chi connectivity index (χ1v) is 8.80. The molecular weight excluding hydrogens is 282 g/mol. The Kier molecular flexibility index (Phi) is 4.60. The maximum Gasteiger partial charge on any atom is 0.254 e. The number of nitrogens with one attached hydrogen (secondary N) is 1. The monoisotopic (exact) mass is 303 g/mol. The summed E-state index contributed by atoms with van der Waals surface area (Å²) in [6.45, 7) is 5.15. The van der Waals surface area contributed by atoms with Gasteiger partial charge in [0.1, 0.15) is 0 Å². The van der Waals surface area contributed by atoms with Gasteiger partial charge in [-0.1, -0.05) is 0 Å². The predicted octanol–water partition coefficient (Wildman–Crippen LogP) is 1.46. The summed E-state index contributed by atoms with van der Waals surface area (Å²) in [7, 11) is -1.43. The molecule has 1 N–H and O–H groups in total. The second kappa shape index (κ2) is 5.87. The molecule has 1 aliphatic rings. The van der Waals surface area contributed by atoms with Crippen LogP contribution in [-0.2, 0) is 10.0 Å². The number of thiazole rings is 1. The van der Waals surface area contributed by atoms with Crippen molar-refractivity contribution in [2.75, 3.05) is 20.1 Å². The molecule has 0 spiro atoms. The summed E-state index contributed by atoms with van der Waals surface area (Å²) in [6, 6.07) is 0.334. The molecule has 5 nitrogen and oxygen atoms in total. The van der Waals surface area contributed by atoms with Crippen molar-refractivity contribution in [2.24, 2.45) is 5.92 Å². The van der Waals surface area contributed by atoms with E-state index in [-0.39, 0.29) is 0 Å². The highest BCUT2D eigenvalue weighted by Gasteiger charge is 2.33. The van der Waals surface area contributed by atoms with Crippen molar-refractivity contribution in [3.63, 3.8) is 0 Å². The van der Waals surface area contributed by atoms with Gasteiger partial charge < -0.3 is 5.32 Å². The van der Waals surface area contributed by atoms with Gasteiger partial charge in [0.15, 0.2) is 4.21 Å². The Labute approximate surface area is 119 Å². The van der Waals surface area contributed by atoms with Gasteiger partial charge >= 0.3 is 0 Å². The van der Waals surface area contributed by atoms with Crippen LogP contribution >= 0.6 is 11.3 Å². The Bertz CT molecular complexity index is 527. The van der Waals surface area contributed by atoms with E-state index in [1.807, 2.05) is 14.0 Å². The summed E-state index contributed by atoms with van der Waals surface area (Å²) in [5.41, 5.74) is 0. The molecule has 0 amide bonds. The zero-order valence-electron chi connectivity index (χ0n) is 11.6. The number of piperidine rings is 1. The quantitative estimate of drug-likeness (QED) is 0.915. The lowest BCUT2D eigenvalue weighted by molar-refractivity contribution is 0.229. The van der Waals surface area contributed by atoms with Crippen molar-refractivity contribution >= 4 is 21.4 Å². The van der Waals surface area contributed by atoms with Crippen molar-refractivity contribution < 1.29 is 8.42 Å². The van der Waals surface area contributed by atoms with Crippen molar-refractivity contribution in [3.05, 3.63) is 11.2 Å². The summed E-state index contributed by atoms with van der Waals surface area (Å²) < 4.78 is 27.0. The van der Waals surface area contributed by atoms with Crippen molar-refractivity contribution in [2.45, 2.75) is 36.9 Å². The molecule has 0 bridgehead atoms. The highest BCUT2D eigenvalue weighted by molar-refractivity contribution is 7.91. The van der Waals surface area contributed by atoms with Crippen molar-refractivity contribution in [1.29, 1.82) is 0 Å². The summed E-state index contributed by atoms with van der Waals surface area (Å²) in [4.78, 5) is 4.05. The number of sulfonamides is 1. The number of rotatable bonds is 4. The van der Waals surface area contributed by atoms with Gasteiger partial charge in [0.05, 0.1) is 11.2 Å². The molecule has 1 aromatic heterocycles. The molecule has 2 rings (SSSR count). The molecule has 0 aliphatic carbocycles. The van der Waals surface area contributed by atoms with Crippen LogP contribution in [0.4, 0.5) is 0 Å². The largest absolute Gasteiger partial charge is 0.317 e. The molecule has 1 aromatic rings. The average molecular weight is 303 g/mol. The van der Waals surface area contributed by atoms with Gasteiger partial charge in [-0.3, -0.25) is 0 Å². The minimum atomic E-state index is -3.35. The zero-order chi connectivity index (χ0) is 14.0. The van der Waals surface area contributed by atoms with Crippen molar-refractivity contribution in [3.8, 4) is 0 Å². The molecule has 2 atom stereocenters. The van der Waals surface area contributed by atoms with Crippen LogP contribution in [0.15, 0.2) is 10.4 Å².